The van der Waals surface area contributed by atoms with E-state index in [1.54, 1.807) is 18.2 Å². The van der Waals surface area contributed by atoms with Gasteiger partial charge in [-0.3, -0.25) is 9.27 Å². The van der Waals surface area contributed by atoms with E-state index in [0.717, 1.165) is 5.56 Å². The fourth-order valence-electron chi connectivity index (χ4n) is 2.17. The number of hydrogen-bond acceptors (Lipinski definition) is 5. The molecule has 2 aromatic carbocycles. The average molecular weight is 367 g/mol. The number of nitrogens with one attached hydrogen (secondary N) is 2. The van der Waals surface area contributed by atoms with Gasteiger partial charge in [-0.2, -0.15) is 8.42 Å². The van der Waals surface area contributed by atoms with Crippen LogP contribution in [0.25, 0.3) is 11.0 Å². The minimum absolute atomic E-state index is 0.0788. The van der Waals surface area contributed by atoms with E-state index < -0.39 is 25.3 Å². The van der Waals surface area contributed by atoms with Gasteiger partial charge >= 0.3 is 10.1 Å². The first-order chi connectivity index (χ1) is 11.1. The van der Waals surface area contributed by atoms with Gasteiger partial charge < -0.3 is 4.98 Å². The van der Waals surface area contributed by atoms with Gasteiger partial charge in [-0.25, -0.2) is 13.4 Å². The van der Waals surface area contributed by atoms with Crippen LogP contribution in [0.15, 0.2) is 52.5 Å². The molecule has 8 nitrogen and oxygen atoms in total. The van der Waals surface area contributed by atoms with Gasteiger partial charge in [0.1, 0.15) is 0 Å². The van der Waals surface area contributed by atoms with E-state index in [1.807, 2.05) is 13.0 Å². The second-order valence-corrected chi connectivity index (χ2v) is 8.19. The van der Waals surface area contributed by atoms with Crippen LogP contribution in [-0.4, -0.2) is 31.4 Å². The number of fused-ring (bicyclic) bond motifs is 1. The molecule has 0 amide bonds. The van der Waals surface area contributed by atoms with Crippen LogP contribution in [0.5, 0.6) is 0 Å². The normalized spacial score (nSPS) is 12.4. The Bertz CT molecular complexity index is 1130. The Morgan fingerprint density at radius 2 is 1.83 bits per heavy atom. The molecule has 10 heteroatoms. The SMILES string of the molecule is Cc1cccc(NS(=O)(=O)c2ccc3[nH]c(S(=O)(=O)O)nc3c2)c1. The van der Waals surface area contributed by atoms with Crippen molar-refractivity contribution in [1.29, 1.82) is 0 Å². The lowest BCUT2D eigenvalue weighted by Gasteiger charge is -2.08. The molecule has 1 aromatic heterocycles. The van der Waals surface area contributed by atoms with E-state index in [4.69, 9.17) is 4.55 Å². The molecule has 3 N–H and O–H groups in total. The molecule has 0 bridgehead atoms. The second-order valence-electron chi connectivity index (χ2n) is 5.17. The number of imidazole rings is 1. The Labute approximate surface area is 138 Å². The Hall–Kier alpha value is -2.43. The number of anilines is 1. The van der Waals surface area contributed by atoms with Gasteiger partial charge in [-0.15, -0.1) is 0 Å². The first-order valence-corrected chi connectivity index (χ1v) is 9.64. The molecule has 0 radical (unpaired) electrons. The minimum atomic E-state index is -4.50. The van der Waals surface area contributed by atoms with Crippen LogP contribution in [0, 0.1) is 6.92 Å². The minimum Gasteiger partial charge on any atom is -0.327 e. The standard InChI is InChI=1S/C14H13N3O5S2/c1-9-3-2-4-10(7-9)17-23(18,19)11-5-6-12-13(8-11)16-14(15-12)24(20,21)22/h2-8,17H,1H3,(H,15,16)(H,20,21,22). The molecule has 0 aliphatic carbocycles. The van der Waals surface area contributed by atoms with E-state index in [0.29, 0.717) is 5.69 Å². The number of benzene rings is 2. The van der Waals surface area contributed by atoms with Crippen molar-refractivity contribution >= 4 is 36.9 Å². The molecule has 1 heterocycles. The van der Waals surface area contributed by atoms with Crippen LogP contribution >= 0.6 is 0 Å². The van der Waals surface area contributed by atoms with E-state index in [2.05, 4.69) is 14.7 Å². The number of nitrogens with zero attached hydrogens (tertiary/aromatic N) is 1. The van der Waals surface area contributed by atoms with Gasteiger partial charge in [0.15, 0.2) is 0 Å². The first-order valence-electron chi connectivity index (χ1n) is 6.72. The predicted octanol–water partition coefficient (Wildman–Crippen LogP) is 1.92. The van der Waals surface area contributed by atoms with Crippen molar-refractivity contribution in [3.8, 4) is 0 Å². The molecule has 0 aliphatic heterocycles. The number of H-pyrrole nitrogens is 1. The van der Waals surface area contributed by atoms with Gasteiger partial charge in [0, 0.05) is 5.69 Å². The van der Waals surface area contributed by atoms with Crippen LogP contribution in [-0.2, 0) is 20.1 Å². The summed E-state index contributed by atoms with van der Waals surface area (Å²) in [6, 6.07) is 10.8. The summed E-state index contributed by atoms with van der Waals surface area (Å²) in [4.78, 5) is 6.02. The molecule has 0 fully saturated rings. The smallest absolute Gasteiger partial charge is 0.327 e. The maximum atomic E-state index is 12.4. The van der Waals surface area contributed by atoms with Crippen molar-refractivity contribution in [3.05, 3.63) is 48.0 Å². The molecular formula is C14H13N3O5S2. The number of aryl methyl sites for hydroxylation is 1. The van der Waals surface area contributed by atoms with Crippen LogP contribution in [0.2, 0.25) is 0 Å². The summed E-state index contributed by atoms with van der Waals surface area (Å²) in [5, 5.41) is -0.640. The molecule has 0 aliphatic rings. The van der Waals surface area contributed by atoms with Gasteiger partial charge in [0.05, 0.1) is 15.9 Å². The quantitative estimate of drug-likeness (QED) is 0.604. The molecule has 0 saturated heterocycles. The summed E-state index contributed by atoms with van der Waals surface area (Å²) < 4.78 is 58.5. The molecule has 3 aromatic rings. The van der Waals surface area contributed by atoms with Crippen molar-refractivity contribution in [2.45, 2.75) is 17.0 Å². The molecule has 3 rings (SSSR count). The predicted molar refractivity (Wildman–Crippen MR) is 87.9 cm³/mol. The molecule has 126 valence electrons. The zero-order chi connectivity index (χ0) is 17.5. The van der Waals surface area contributed by atoms with Crippen LogP contribution in [0.4, 0.5) is 5.69 Å². The Morgan fingerprint density at radius 1 is 1.08 bits per heavy atom. The summed E-state index contributed by atoms with van der Waals surface area (Å²) in [6.45, 7) is 1.84. The van der Waals surface area contributed by atoms with E-state index >= 15 is 0 Å². The number of sulfonamides is 1. The van der Waals surface area contributed by atoms with Crippen molar-refractivity contribution in [3.63, 3.8) is 0 Å². The molecule has 0 saturated carbocycles. The van der Waals surface area contributed by atoms with Crippen LogP contribution in [0.3, 0.4) is 0 Å². The molecule has 0 atom stereocenters. The number of aromatic nitrogens is 2. The van der Waals surface area contributed by atoms with Crippen molar-refractivity contribution < 1.29 is 21.4 Å². The van der Waals surface area contributed by atoms with Crippen LogP contribution in [0.1, 0.15) is 5.56 Å². The third-order valence-corrected chi connectivity index (χ3v) is 5.32. The van der Waals surface area contributed by atoms with Gasteiger partial charge in [-0.1, -0.05) is 12.1 Å². The molecule has 0 unspecified atom stereocenters. The first kappa shape index (κ1) is 16.4. The summed E-state index contributed by atoms with van der Waals surface area (Å²) in [7, 11) is -8.36. The summed E-state index contributed by atoms with van der Waals surface area (Å²) in [6.07, 6.45) is 0. The fourth-order valence-corrected chi connectivity index (χ4v) is 3.70. The topological polar surface area (TPSA) is 129 Å². The van der Waals surface area contributed by atoms with Gasteiger partial charge in [0.2, 0.25) is 0 Å². The lowest BCUT2D eigenvalue weighted by atomic mass is 10.2. The highest BCUT2D eigenvalue weighted by atomic mass is 32.2. The van der Waals surface area contributed by atoms with Crippen molar-refractivity contribution in [2.75, 3.05) is 4.72 Å². The molecular weight excluding hydrogens is 354 g/mol. The number of rotatable bonds is 4. The number of hydrogen-bond donors (Lipinski definition) is 3. The Kier molecular flexibility index (Phi) is 3.82. The van der Waals surface area contributed by atoms with E-state index in [-0.39, 0.29) is 15.9 Å². The van der Waals surface area contributed by atoms with Gasteiger partial charge in [0.25, 0.3) is 15.2 Å². The summed E-state index contributed by atoms with van der Waals surface area (Å²) in [5.41, 5.74) is 1.71. The third-order valence-electron chi connectivity index (χ3n) is 3.26. The highest BCUT2D eigenvalue weighted by molar-refractivity contribution is 7.92. The van der Waals surface area contributed by atoms with Gasteiger partial charge in [-0.05, 0) is 42.8 Å². The lowest BCUT2D eigenvalue weighted by Crippen LogP contribution is -2.12. The zero-order valence-corrected chi connectivity index (χ0v) is 14.0. The molecule has 0 spiro atoms. The summed E-state index contributed by atoms with van der Waals surface area (Å²) in [5.74, 6) is 0. The highest BCUT2D eigenvalue weighted by Crippen LogP contribution is 2.21. The molecule has 24 heavy (non-hydrogen) atoms. The number of aromatic amines is 1. The maximum Gasteiger partial charge on any atom is 0.328 e. The largest absolute Gasteiger partial charge is 0.328 e. The van der Waals surface area contributed by atoms with E-state index in [1.165, 1.54) is 18.2 Å². The second kappa shape index (κ2) is 5.58. The monoisotopic (exact) mass is 367 g/mol. The van der Waals surface area contributed by atoms with Crippen molar-refractivity contribution in [2.24, 2.45) is 0 Å². The van der Waals surface area contributed by atoms with E-state index in [9.17, 15) is 16.8 Å². The fraction of sp³-hybridized carbons (Fsp3) is 0.0714. The maximum absolute atomic E-state index is 12.4. The summed E-state index contributed by atoms with van der Waals surface area (Å²) >= 11 is 0. The van der Waals surface area contributed by atoms with Crippen LogP contribution < -0.4 is 4.72 Å². The lowest BCUT2D eigenvalue weighted by molar-refractivity contribution is 0.476. The zero-order valence-electron chi connectivity index (χ0n) is 12.4. The highest BCUT2D eigenvalue weighted by Gasteiger charge is 2.19. The third kappa shape index (κ3) is 3.25. The Balaban J connectivity index is 2.01. The average Bonchev–Trinajstić information content (AvgIpc) is 2.90. The van der Waals surface area contributed by atoms with Crippen molar-refractivity contribution in [1.82, 2.24) is 9.97 Å². The Morgan fingerprint density at radius 3 is 2.50 bits per heavy atom.